The molecule has 3 nitrogen and oxygen atoms in total. The van der Waals surface area contributed by atoms with E-state index in [1.54, 1.807) is 0 Å². The molecule has 2 rings (SSSR count). The Hall–Kier alpha value is -1.68. The lowest BCUT2D eigenvalue weighted by Crippen LogP contribution is -2.23. The van der Waals surface area contributed by atoms with E-state index in [4.69, 9.17) is 5.11 Å². The van der Waals surface area contributed by atoms with Gasteiger partial charge in [-0.15, -0.1) is 11.3 Å². The van der Waals surface area contributed by atoms with Gasteiger partial charge in [0.1, 0.15) is 12.4 Å². The quantitative estimate of drug-likeness (QED) is 0.819. The topological polar surface area (TPSA) is 49.3 Å². The average Bonchev–Trinajstić information content (AvgIpc) is 2.89. The number of carbonyl (C=O) groups excluding carboxylic acids is 1. The summed E-state index contributed by atoms with van der Waals surface area (Å²) < 4.78 is 14.7. The number of amides is 1. The van der Waals surface area contributed by atoms with Gasteiger partial charge in [0.05, 0.1) is 12.1 Å². The molecule has 1 amide bonds. The van der Waals surface area contributed by atoms with E-state index in [2.05, 4.69) is 33.1 Å². The standard InChI is InChI=1S/C15H11BrFNO2S/c16-11-7-12(21-9-11)8-18-15(20)13-6-10(2-1-5-19)3-4-14(13)17/h3-4,6-7,9,19H,5,8H2,(H,18,20). The highest BCUT2D eigenvalue weighted by Crippen LogP contribution is 2.19. The third kappa shape index (κ3) is 4.39. The minimum atomic E-state index is -0.602. The number of thiophene rings is 1. The van der Waals surface area contributed by atoms with Crippen LogP contribution < -0.4 is 5.32 Å². The number of benzene rings is 1. The zero-order chi connectivity index (χ0) is 15.2. The average molecular weight is 368 g/mol. The maximum absolute atomic E-state index is 13.7. The van der Waals surface area contributed by atoms with Crippen LogP contribution in [-0.2, 0) is 6.54 Å². The van der Waals surface area contributed by atoms with Gasteiger partial charge in [0.15, 0.2) is 0 Å². The molecule has 0 aliphatic rings. The third-order valence-corrected chi connectivity index (χ3v) is 4.27. The van der Waals surface area contributed by atoms with Crippen LogP contribution in [0.25, 0.3) is 0 Å². The van der Waals surface area contributed by atoms with E-state index in [0.29, 0.717) is 12.1 Å². The fourth-order valence-corrected chi connectivity index (χ4v) is 3.02. The smallest absolute Gasteiger partial charge is 0.254 e. The number of aliphatic hydroxyl groups is 1. The molecule has 6 heteroatoms. The molecule has 0 aliphatic carbocycles. The predicted octanol–water partition coefficient (Wildman–Crippen LogP) is 2.92. The van der Waals surface area contributed by atoms with Gasteiger partial charge in [-0.2, -0.15) is 0 Å². The number of hydrogen-bond donors (Lipinski definition) is 2. The highest BCUT2D eigenvalue weighted by Gasteiger charge is 2.12. The fourth-order valence-electron chi connectivity index (χ4n) is 1.63. The maximum atomic E-state index is 13.7. The van der Waals surface area contributed by atoms with Gasteiger partial charge >= 0.3 is 0 Å². The van der Waals surface area contributed by atoms with Crippen molar-refractivity contribution >= 4 is 33.2 Å². The molecule has 0 unspecified atom stereocenters. The summed E-state index contributed by atoms with van der Waals surface area (Å²) in [5.41, 5.74) is 0.421. The Labute approximate surface area is 133 Å². The highest BCUT2D eigenvalue weighted by atomic mass is 79.9. The minimum Gasteiger partial charge on any atom is -0.384 e. The highest BCUT2D eigenvalue weighted by molar-refractivity contribution is 9.10. The van der Waals surface area contributed by atoms with Crippen LogP contribution in [0.3, 0.4) is 0 Å². The van der Waals surface area contributed by atoms with E-state index in [-0.39, 0.29) is 12.2 Å². The molecule has 21 heavy (non-hydrogen) atoms. The number of nitrogens with one attached hydrogen (secondary N) is 1. The Morgan fingerprint density at radius 2 is 2.24 bits per heavy atom. The Morgan fingerprint density at radius 3 is 2.90 bits per heavy atom. The van der Waals surface area contributed by atoms with Crippen molar-refractivity contribution in [3.8, 4) is 11.8 Å². The predicted molar refractivity (Wildman–Crippen MR) is 83.6 cm³/mol. The van der Waals surface area contributed by atoms with Crippen LogP contribution in [0.1, 0.15) is 20.8 Å². The molecule has 1 aromatic heterocycles. The molecule has 0 fully saturated rings. The molecule has 0 aliphatic heterocycles. The van der Waals surface area contributed by atoms with Gasteiger partial charge in [0, 0.05) is 20.3 Å². The van der Waals surface area contributed by atoms with Crippen molar-refractivity contribution in [2.24, 2.45) is 0 Å². The Balaban J connectivity index is 2.10. The van der Waals surface area contributed by atoms with Gasteiger partial charge in [-0.25, -0.2) is 4.39 Å². The lowest BCUT2D eigenvalue weighted by atomic mass is 10.1. The molecule has 0 bridgehead atoms. The summed E-state index contributed by atoms with van der Waals surface area (Å²) in [4.78, 5) is 13.0. The molecular weight excluding hydrogens is 357 g/mol. The van der Waals surface area contributed by atoms with Crippen LogP contribution in [0.4, 0.5) is 4.39 Å². The van der Waals surface area contributed by atoms with Crippen LogP contribution in [0.2, 0.25) is 0 Å². The lowest BCUT2D eigenvalue weighted by Gasteiger charge is -2.05. The summed E-state index contributed by atoms with van der Waals surface area (Å²) in [6, 6.07) is 5.92. The second kappa shape index (κ2) is 7.36. The van der Waals surface area contributed by atoms with Crippen molar-refractivity contribution in [1.29, 1.82) is 0 Å². The summed E-state index contributed by atoms with van der Waals surface area (Å²) in [5.74, 6) is 4.00. The van der Waals surface area contributed by atoms with Crippen molar-refractivity contribution in [1.82, 2.24) is 5.32 Å². The van der Waals surface area contributed by atoms with Crippen molar-refractivity contribution in [2.75, 3.05) is 6.61 Å². The molecule has 1 heterocycles. The van der Waals surface area contributed by atoms with E-state index in [0.717, 1.165) is 9.35 Å². The maximum Gasteiger partial charge on any atom is 0.254 e. The van der Waals surface area contributed by atoms with E-state index in [1.165, 1.54) is 29.5 Å². The molecule has 0 atom stereocenters. The van der Waals surface area contributed by atoms with Crippen molar-refractivity contribution in [3.63, 3.8) is 0 Å². The van der Waals surface area contributed by atoms with E-state index in [1.807, 2.05) is 11.4 Å². The Morgan fingerprint density at radius 1 is 1.43 bits per heavy atom. The lowest BCUT2D eigenvalue weighted by molar-refractivity contribution is 0.0947. The molecule has 0 saturated carbocycles. The summed E-state index contributed by atoms with van der Waals surface area (Å²) in [7, 11) is 0. The molecule has 1 aromatic carbocycles. The number of hydrogen-bond acceptors (Lipinski definition) is 3. The fraction of sp³-hybridized carbons (Fsp3) is 0.133. The molecule has 0 saturated heterocycles. The van der Waals surface area contributed by atoms with Crippen molar-refractivity contribution < 1.29 is 14.3 Å². The number of aliphatic hydroxyl groups excluding tert-OH is 1. The molecule has 2 N–H and O–H groups in total. The molecule has 0 spiro atoms. The molecule has 2 aromatic rings. The van der Waals surface area contributed by atoms with Crippen LogP contribution in [0, 0.1) is 17.7 Å². The molecule has 0 radical (unpaired) electrons. The summed E-state index contributed by atoms with van der Waals surface area (Å²) >= 11 is 4.83. The first kappa shape index (κ1) is 15.7. The first-order chi connectivity index (χ1) is 10.1. The number of halogens is 2. The zero-order valence-electron chi connectivity index (χ0n) is 10.8. The Bertz CT molecular complexity index is 718. The van der Waals surface area contributed by atoms with Crippen LogP contribution in [-0.4, -0.2) is 17.6 Å². The number of rotatable bonds is 3. The minimum absolute atomic E-state index is 0.0599. The summed E-state index contributed by atoms with van der Waals surface area (Å²) in [5, 5.41) is 13.2. The second-order valence-corrected chi connectivity index (χ2v) is 5.98. The van der Waals surface area contributed by atoms with Gasteiger partial charge in [0.2, 0.25) is 0 Å². The van der Waals surface area contributed by atoms with Gasteiger partial charge in [-0.05, 0) is 40.2 Å². The molecule has 108 valence electrons. The summed E-state index contributed by atoms with van der Waals surface area (Å²) in [6.45, 7) is 0.0489. The zero-order valence-corrected chi connectivity index (χ0v) is 13.2. The van der Waals surface area contributed by atoms with Gasteiger partial charge < -0.3 is 10.4 Å². The van der Waals surface area contributed by atoms with Crippen LogP contribution in [0.5, 0.6) is 0 Å². The van der Waals surface area contributed by atoms with Crippen molar-refractivity contribution in [2.45, 2.75) is 6.54 Å². The SMILES string of the molecule is O=C(NCc1cc(Br)cs1)c1cc(C#CCO)ccc1F. The largest absolute Gasteiger partial charge is 0.384 e. The first-order valence-electron chi connectivity index (χ1n) is 6.00. The van der Waals surface area contributed by atoms with E-state index in [9.17, 15) is 9.18 Å². The second-order valence-electron chi connectivity index (χ2n) is 4.07. The monoisotopic (exact) mass is 367 g/mol. The van der Waals surface area contributed by atoms with Crippen LogP contribution >= 0.6 is 27.3 Å². The number of carbonyl (C=O) groups is 1. The van der Waals surface area contributed by atoms with Gasteiger partial charge in [-0.3, -0.25) is 4.79 Å². The first-order valence-corrected chi connectivity index (χ1v) is 7.68. The van der Waals surface area contributed by atoms with Gasteiger partial charge in [0.25, 0.3) is 5.91 Å². The molecular formula is C15H11BrFNO2S. The van der Waals surface area contributed by atoms with Crippen LogP contribution in [0.15, 0.2) is 34.1 Å². The normalized spacial score (nSPS) is 9.86. The van der Waals surface area contributed by atoms with Gasteiger partial charge in [-0.1, -0.05) is 11.8 Å². The Kier molecular flexibility index (Phi) is 5.51. The van der Waals surface area contributed by atoms with E-state index >= 15 is 0 Å². The van der Waals surface area contributed by atoms with E-state index < -0.39 is 11.7 Å². The third-order valence-electron chi connectivity index (χ3n) is 2.57. The summed E-state index contributed by atoms with van der Waals surface area (Å²) in [6.07, 6.45) is 0. The van der Waals surface area contributed by atoms with Crippen molar-refractivity contribution in [3.05, 3.63) is 55.9 Å².